The first-order valence-corrected chi connectivity index (χ1v) is 16.4. The van der Waals surface area contributed by atoms with Crippen molar-refractivity contribution in [3.63, 3.8) is 0 Å². The SMILES string of the molecule is CNc1ccc(Cl)cc1C1[NH2+]CCc2ccccc21.CNc1ccc(Cl)cc1C1[NH2+]CCc2ccccc21.O=C([O-])[C@H](O)[C@@H](O)C(=O)[O-]. The van der Waals surface area contributed by atoms with Gasteiger partial charge in [0.25, 0.3) is 0 Å². The van der Waals surface area contributed by atoms with E-state index >= 15 is 0 Å². The lowest BCUT2D eigenvalue weighted by Crippen LogP contribution is -2.87. The molecule has 12 heteroatoms. The molecule has 2 aliphatic heterocycles. The molecule has 10 nitrogen and oxygen atoms in total. The molecule has 0 bridgehead atoms. The van der Waals surface area contributed by atoms with E-state index in [1.807, 2.05) is 26.2 Å². The minimum Gasteiger partial charge on any atom is -0.547 e. The smallest absolute Gasteiger partial charge is 0.140 e. The summed E-state index contributed by atoms with van der Waals surface area (Å²) in [5.74, 6) is -4.12. The predicted molar refractivity (Wildman–Crippen MR) is 182 cm³/mol. The standard InChI is InChI=1S/2C16H17ClN2.C4H6O6/c2*1-18-15-7-6-12(17)10-14(15)16-13-5-3-2-4-11(13)8-9-19-16;5-1(3(7)8)2(6)4(9)10/h2*2-7,10,16,18-19H,8-9H2,1H3;1-2,5-6H,(H,7,8)(H,9,10)/t;;1-,2-/m..1/s1. The molecule has 6 rings (SSSR count). The molecule has 4 atom stereocenters. The fourth-order valence-electron chi connectivity index (χ4n) is 6.08. The lowest BCUT2D eigenvalue weighted by molar-refractivity contribution is -0.690. The highest BCUT2D eigenvalue weighted by molar-refractivity contribution is 6.31. The van der Waals surface area contributed by atoms with Crippen LogP contribution in [0.3, 0.4) is 0 Å². The van der Waals surface area contributed by atoms with E-state index in [-0.39, 0.29) is 0 Å². The van der Waals surface area contributed by atoms with Crippen LogP contribution in [0.4, 0.5) is 11.4 Å². The molecule has 0 aromatic heterocycles. The quantitative estimate of drug-likeness (QED) is 0.161. The summed E-state index contributed by atoms with van der Waals surface area (Å²) >= 11 is 12.4. The number of carbonyl (C=O) groups excluding carboxylic acids is 2. The van der Waals surface area contributed by atoms with Gasteiger partial charge in [-0.25, -0.2) is 0 Å². The van der Waals surface area contributed by atoms with Crippen molar-refractivity contribution in [2.24, 2.45) is 0 Å². The molecule has 48 heavy (non-hydrogen) atoms. The van der Waals surface area contributed by atoms with Crippen LogP contribution in [0.1, 0.15) is 45.5 Å². The molecule has 0 spiro atoms. The number of hydrogen-bond acceptors (Lipinski definition) is 8. The molecule has 254 valence electrons. The van der Waals surface area contributed by atoms with Gasteiger partial charge in [0.1, 0.15) is 24.3 Å². The second kappa shape index (κ2) is 17.3. The predicted octanol–water partition coefficient (Wildman–Crippen LogP) is 0.389. The number of rotatable bonds is 7. The van der Waals surface area contributed by atoms with Crippen molar-refractivity contribution in [1.29, 1.82) is 0 Å². The van der Waals surface area contributed by atoms with Gasteiger partial charge in [-0.2, -0.15) is 0 Å². The average molecular weight is 696 g/mol. The zero-order valence-corrected chi connectivity index (χ0v) is 28.2. The Labute approximate surface area is 289 Å². The Bertz CT molecular complexity index is 1600. The highest BCUT2D eigenvalue weighted by Crippen LogP contribution is 2.32. The average Bonchev–Trinajstić information content (AvgIpc) is 3.11. The number of aliphatic hydroxyl groups excluding tert-OH is 2. The minimum absolute atomic E-state index is 0.339. The molecule has 0 aliphatic carbocycles. The van der Waals surface area contributed by atoms with Gasteiger partial charge in [0.15, 0.2) is 0 Å². The number of carboxylic acid groups (broad SMARTS) is 2. The van der Waals surface area contributed by atoms with Crippen LogP contribution in [0, 0.1) is 0 Å². The number of carboxylic acids is 2. The van der Waals surface area contributed by atoms with Crippen LogP contribution < -0.4 is 31.5 Å². The van der Waals surface area contributed by atoms with Crippen molar-refractivity contribution in [2.75, 3.05) is 37.8 Å². The van der Waals surface area contributed by atoms with E-state index in [9.17, 15) is 19.8 Å². The second-order valence-electron chi connectivity index (χ2n) is 11.4. The number of aliphatic carboxylic acids is 2. The van der Waals surface area contributed by atoms with Gasteiger partial charge in [0, 0.05) is 70.6 Å². The Hall–Kier alpha value is -4.16. The van der Waals surface area contributed by atoms with E-state index < -0.39 is 24.1 Å². The van der Waals surface area contributed by atoms with Gasteiger partial charge in [-0.05, 0) is 47.5 Å². The molecular weight excluding hydrogens is 655 g/mol. The maximum atomic E-state index is 9.63. The topological polar surface area (TPSA) is 178 Å². The summed E-state index contributed by atoms with van der Waals surface area (Å²) in [6, 6.07) is 30.2. The van der Waals surface area contributed by atoms with Gasteiger partial charge >= 0.3 is 0 Å². The monoisotopic (exact) mass is 694 g/mol. The zero-order valence-electron chi connectivity index (χ0n) is 26.7. The number of aliphatic hydroxyl groups is 2. The molecule has 2 aliphatic rings. The fourth-order valence-corrected chi connectivity index (χ4v) is 6.44. The number of anilines is 2. The molecule has 0 amide bonds. The summed E-state index contributed by atoms with van der Waals surface area (Å²) in [7, 11) is 3.92. The van der Waals surface area contributed by atoms with E-state index in [4.69, 9.17) is 33.4 Å². The molecule has 8 N–H and O–H groups in total. The van der Waals surface area contributed by atoms with Crippen molar-refractivity contribution >= 4 is 46.5 Å². The second-order valence-corrected chi connectivity index (χ2v) is 12.3. The third-order valence-corrected chi connectivity index (χ3v) is 8.90. The van der Waals surface area contributed by atoms with Crippen LogP contribution in [0.25, 0.3) is 0 Å². The largest absolute Gasteiger partial charge is 0.547 e. The number of benzene rings is 4. The molecule has 4 aromatic carbocycles. The lowest BCUT2D eigenvalue weighted by Gasteiger charge is -2.25. The summed E-state index contributed by atoms with van der Waals surface area (Å²) in [5.41, 5.74) is 10.6. The first kappa shape index (κ1) is 36.7. The summed E-state index contributed by atoms with van der Waals surface area (Å²) in [4.78, 5) is 19.3. The Morgan fingerprint density at radius 1 is 0.667 bits per heavy atom. The van der Waals surface area contributed by atoms with Gasteiger partial charge in [0.2, 0.25) is 0 Å². The Balaban J connectivity index is 0.000000172. The minimum atomic E-state index is -2.44. The van der Waals surface area contributed by atoms with E-state index in [1.165, 1.54) is 33.4 Å². The number of carbonyl (C=O) groups is 2. The lowest BCUT2D eigenvalue weighted by atomic mass is 9.89. The maximum absolute atomic E-state index is 9.63. The molecule has 4 aromatic rings. The fraction of sp³-hybridized carbons (Fsp3) is 0.278. The van der Waals surface area contributed by atoms with Crippen LogP contribution in [0.5, 0.6) is 0 Å². The van der Waals surface area contributed by atoms with E-state index in [0.29, 0.717) is 12.1 Å². The number of hydrogen-bond donors (Lipinski definition) is 6. The van der Waals surface area contributed by atoms with Gasteiger partial charge in [0.05, 0.1) is 25.0 Å². The number of quaternary nitrogens is 2. The Morgan fingerprint density at radius 2 is 1.04 bits per heavy atom. The molecule has 0 radical (unpaired) electrons. The first-order chi connectivity index (χ1) is 23.0. The van der Waals surface area contributed by atoms with E-state index in [1.54, 1.807) is 0 Å². The molecule has 2 unspecified atom stereocenters. The Morgan fingerprint density at radius 3 is 1.40 bits per heavy atom. The molecular formula is C36H40Cl2N4O6. The van der Waals surface area contributed by atoms with Crippen molar-refractivity contribution in [1.82, 2.24) is 0 Å². The summed E-state index contributed by atoms with van der Waals surface area (Å²) in [5, 5.41) is 48.7. The molecule has 2 heterocycles. The number of halogens is 2. The van der Waals surface area contributed by atoms with Gasteiger partial charge in [-0.1, -0.05) is 71.7 Å². The third-order valence-electron chi connectivity index (χ3n) is 8.43. The molecule has 0 fully saturated rings. The first-order valence-electron chi connectivity index (χ1n) is 15.6. The zero-order chi connectivity index (χ0) is 34.8. The van der Waals surface area contributed by atoms with Crippen molar-refractivity contribution in [3.8, 4) is 0 Å². The Kier molecular flexibility index (Phi) is 13.2. The number of nitrogens with two attached hydrogens (primary N) is 2. The van der Waals surface area contributed by atoms with E-state index in [2.05, 4.69) is 94.1 Å². The molecule has 0 saturated heterocycles. The van der Waals surface area contributed by atoms with Crippen LogP contribution >= 0.6 is 23.2 Å². The van der Waals surface area contributed by atoms with Crippen LogP contribution in [0.15, 0.2) is 84.9 Å². The van der Waals surface area contributed by atoms with E-state index in [0.717, 1.165) is 47.4 Å². The summed E-state index contributed by atoms with van der Waals surface area (Å²) in [6.07, 6.45) is -2.60. The van der Waals surface area contributed by atoms with Crippen LogP contribution in [0.2, 0.25) is 10.0 Å². The van der Waals surface area contributed by atoms with Crippen molar-refractivity contribution in [2.45, 2.75) is 37.1 Å². The van der Waals surface area contributed by atoms with Crippen molar-refractivity contribution in [3.05, 3.63) is 128 Å². The number of fused-ring (bicyclic) bond motifs is 2. The third kappa shape index (κ3) is 9.04. The van der Waals surface area contributed by atoms with Gasteiger partial charge in [-0.15, -0.1) is 0 Å². The van der Waals surface area contributed by atoms with Crippen LogP contribution in [-0.4, -0.2) is 61.5 Å². The number of nitrogens with one attached hydrogen (secondary N) is 2. The molecule has 0 saturated carbocycles. The van der Waals surface area contributed by atoms with Gasteiger partial charge < -0.3 is 51.3 Å². The maximum Gasteiger partial charge on any atom is 0.140 e. The highest BCUT2D eigenvalue weighted by atomic mass is 35.5. The normalized spacial score (nSPS) is 17.5. The van der Waals surface area contributed by atoms with Crippen molar-refractivity contribution < 1.29 is 40.6 Å². The summed E-state index contributed by atoms with van der Waals surface area (Å²) < 4.78 is 0. The summed E-state index contributed by atoms with van der Waals surface area (Å²) in [6.45, 7) is 2.24. The highest BCUT2D eigenvalue weighted by Gasteiger charge is 2.28. The van der Waals surface area contributed by atoms with Crippen LogP contribution in [-0.2, 0) is 22.4 Å². The van der Waals surface area contributed by atoms with Gasteiger partial charge in [-0.3, -0.25) is 0 Å².